The lowest BCUT2D eigenvalue weighted by Gasteiger charge is -2.40. The van der Waals surface area contributed by atoms with Crippen molar-refractivity contribution < 1.29 is 58.2 Å². The number of aliphatic hydroxyl groups is 2. The van der Waals surface area contributed by atoms with Crippen LogP contribution in [0.1, 0.15) is 252 Å². The van der Waals surface area contributed by atoms with Crippen molar-refractivity contribution in [2.45, 2.75) is 289 Å². The monoisotopic (exact) mass is 1050 g/mol. The first-order valence-electron chi connectivity index (χ1n) is 29.9. The number of carbonyl (C=O) groups is 4. The number of carboxylic acids is 1. The molecule has 6 atom stereocenters. The van der Waals surface area contributed by atoms with Crippen molar-refractivity contribution in [2.75, 3.05) is 13.2 Å². The van der Waals surface area contributed by atoms with E-state index in [9.17, 15) is 34.5 Å². The topological polar surface area (TPSA) is 175 Å². The SMILES string of the molecule is CC/C=C\C/C=C\C/C=C\CCCCCCCCCC(=O)OC1C(OCC(COC(=O)CCCCCCC/C=C\CCCCCCCC)OC(=O)CCCCCCC/C=C\C/C=C\CCC)OC(C(=O)O)C(O)C1O. The Morgan fingerprint density at radius 2 is 0.867 bits per heavy atom. The molecule has 0 aromatic heterocycles. The molecule has 1 aliphatic rings. The van der Waals surface area contributed by atoms with Gasteiger partial charge in [-0.05, 0) is 103 Å². The Morgan fingerprint density at radius 3 is 1.35 bits per heavy atom. The number of aliphatic hydroxyl groups excluding tert-OH is 2. The first-order chi connectivity index (χ1) is 36.6. The molecule has 0 radical (unpaired) electrons. The molecule has 75 heavy (non-hydrogen) atoms. The van der Waals surface area contributed by atoms with Crippen LogP contribution in [0, 0.1) is 0 Å². The average Bonchev–Trinajstić information content (AvgIpc) is 3.39. The number of allylic oxidation sites excluding steroid dienone is 12. The van der Waals surface area contributed by atoms with Crippen LogP contribution in [-0.4, -0.2) is 89.2 Å². The van der Waals surface area contributed by atoms with Gasteiger partial charge in [-0.2, -0.15) is 0 Å². The highest BCUT2D eigenvalue weighted by molar-refractivity contribution is 5.74. The zero-order valence-electron chi connectivity index (χ0n) is 47.3. The second-order valence-corrected chi connectivity index (χ2v) is 20.2. The summed E-state index contributed by atoms with van der Waals surface area (Å²) in [6.45, 7) is 5.79. The van der Waals surface area contributed by atoms with Crippen LogP contribution in [0.3, 0.4) is 0 Å². The first-order valence-corrected chi connectivity index (χ1v) is 29.9. The van der Waals surface area contributed by atoms with Crippen molar-refractivity contribution in [3.8, 4) is 0 Å². The van der Waals surface area contributed by atoms with Crippen LogP contribution in [0.25, 0.3) is 0 Å². The smallest absolute Gasteiger partial charge is 0.335 e. The molecule has 1 saturated heterocycles. The molecule has 430 valence electrons. The number of carbonyl (C=O) groups excluding carboxylic acids is 3. The van der Waals surface area contributed by atoms with E-state index in [-0.39, 0.29) is 25.9 Å². The largest absolute Gasteiger partial charge is 0.479 e. The molecule has 1 aliphatic heterocycles. The Morgan fingerprint density at radius 1 is 0.453 bits per heavy atom. The molecule has 12 heteroatoms. The van der Waals surface area contributed by atoms with Gasteiger partial charge in [0.1, 0.15) is 18.8 Å². The van der Waals surface area contributed by atoms with Crippen molar-refractivity contribution in [1.82, 2.24) is 0 Å². The molecular weight excluding hydrogens is 949 g/mol. The lowest BCUT2D eigenvalue weighted by Crippen LogP contribution is -2.61. The van der Waals surface area contributed by atoms with Gasteiger partial charge in [0, 0.05) is 19.3 Å². The maximum Gasteiger partial charge on any atom is 0.335 e. The van der Waals surface area contributed by atoms with E-state index in [4.69, 9.17) is 23.7 Å². The van der Waals surface area contributed by atoms with Crippen LogP contribution in [0.15, 0.2) is 72.9 Å². The molecule has 1 rings (SSSR count). The van der Waals surface area contributed by atoms with Gasteiger partial charge in [-0.15, -0.1) is 0 Å². The molecule has 0 aromatic rings. The molecule has 0 spiro atoms. The fourth-order valence-corrected chi connectivity index (χ4v) is 8.65. The fraction of sp³-hybridized carbons (Fsp3) is 0.746. The molecule has 3 N–H and O–H groups in total. The number of rotatable bonds is 50. The molecule has 12 nitrogen and oxygen atoms in total. The minimum atomic E-state index is -1.91. The van der Waals surface area contributed by atoms with E-state index >= 15 is 0 Å². The fourth-order valence-electron chi connectivity index (χ4n) is 8.65. The third kappa shape index (κ3) is 41.0. The summed E-state index contributed by atoms with van der Waals surface area (Å²) in [7, 11) is 0. The van der Waals surface area contributed by atoms with Crippen LogP contribution in [-0.2, 0) is 42.9 Å². The summed E-state index contributed by atoms with van der Waals surface area (Å²) in [5.74, 6) is -3.16. The lowest BCUT2D eigenvalue weighted by molar-refractivity contribution is -0.301. The van der Waals surface area contributed by atoms with Crippen LogP contribution < -0.4 is 0 Å². The van der Waals surface area contributed by atoms with E-state index in [1.807, 2.05) is 0 Å². The van der Waals surface area contributed by atoms with E-state index in [1.54, 1.807) is 0 Å². The second-order valence-electron chi connectivity index (χ2n) is 20.2. The molecule has 6 unspecified atom stereocenters. The number of carboxylic acid groups (broad SMARTS) is 1. The van der Waals surface area contributed by atoms with Gasteiger partial charge < -0.3 is 39.0 Å². The number of esters is 3. The minimum Gasteiger partial charge on any atom is -0.479 e. The van der Waals surface area contributed by atoms with Gasteiger partial charge in [0.2, 0.25) is 0 Å². The van der Waals surface area contributed by atoms with Crippen molar-refractivity contribution in [1.29, 1.82) is 0 Å². The molecular formula is C63H106O12. The third-order valence-corrected chi connectivity index (χ3v) is 13.2. The highest BCUT2D eigenvalue weighted by atomic mass is 16.7. The molecule has 0 aromatic carbocycles. The molecule has 0 aliphatic carbocycles. The van der Waals surface area contributed by atoms with E-state index in [0.717, 1.165) is 154 Å². The van der Waals surface area contributed by atoms with Crippen molar-refractivity contribution in [3.63, 3.8) is 0 Å². The number of unbranched alkanes of at least 4 members (excludes halogenated alkanes) is 24. The first kappa shape index (κ1) is 69.2. The predicted molar refractivity (Wildman–Crippen MR) is 303 cm³/mol. The zero-order chi connectivity index (χ0) is 54.7. The summed E-state index contributed by atoms with van der Waals surface area (Å²) in [5, 5.41) is 31.5. The Hall–Kier alpha value is -3.84. The Bertz CT molecular complexity index is 1580. The zero-order valence-corrected chi connectivity index (χ0v) is 47.3. The van der Waals surface area contributed by atoms with Gasteiger partial charge in [-0.1, -0.05) is 203 Å². The Labute approximate surface area is 455 Å². The van der Waals surface area contributed by atoms with Gasteiger partial charge in [0.25, 0.3) is 0 Å². The molecule has 0 amide bonds. The average molecular weight is 1060 g/mol. The normalized spacial score (nSPS) is 18.7. The van der Waals surface area contributed by atoms with Crippen molar-refractivity contribution in [3.05, 3.63) is 72.9 Å². The lowest BCUT2D eigenvalue weighted by atomic mass is 9.98. The van der Waals surface area contributed by atoms with Crippen LogP contribution in [0.4, 0.5) is 0 Å². The number of hydrogen-bond donors (Lipinski definition) is 3. The standard InChI is InChI=1S/C63H106O12/c1-4-7-10-13-16-19-22-25-27-28-30-33-36-39-42-45-48-51-57(66)74-61-59(68)58(67)60(62(69)70)75-63(61)72-53-54(73-56(65)50-47-44-41-38-35-31-24-21-18-15-12-9-6-3)52-71-55(64)49-46-43-40-37-34-32-29-26-23-20-17-14-11-8-5-2/h7,10,12,15-16,19,21,24-27,29,54,58-61,63,67-68H,4-6,8-9,11,13-14,17-18,20,22-23,28,30-53H2,1-3H3,(H,69,70)/b10-7-,15-12-,19-16-,24-21-,27-25-,29-26-. The van der Waals surface area contributed by atoms with E-state index in [0.29, 0.717) is 19.3 Å². The van der Waals surface area contributed by atoms with E-state index in [1.165, 1.54) is 38.5 Å². The molecule has 1 fully saturated rings. The number of ether oxygens (including phenoxy) is 5. The van der Waals surface area contributed by atoms with Gasteiger partial charge in [0.15, 0.2) is 24.6 Å². The second kappa shape index (κ2) is 50.9. The van der Waals surface area contributed by atoms with E-state index < -0.39 is 67.3 Å². The Kier molecular flexibility index (Phi) is 47.0. The highest BCUT2D eigenvalue weighted by Crippen LogP contribution is 2.26. The summed E-state index contributed by atoms with van der Waals surface area (Å²) < 4.78 is 28.4. The van der Waals surface area contributed by atoms with E-state index in [2.05, 4.69) is 93.7 Å². The van der Waals surface area contributed by atoms with Crippen molar-refractivity contribution in [2.24, 2.45) is 0 Å². The van der Waals surface area contributed by atoms with Gasteiger partial charge in [0.05, 0.1) is 6.61 Å². The quantitative estimate of drug-likeness (QED) is 0.0228. The van der Waals surface area contributed by atoms with Gasteiger partial charge in [-0.25, -0.2) is 4.79 Å². The summed E-state index contributed by atoms with van der Waals surface area (Å²) >= 11 is 0. The highest BCUT2D eigenvalue weighted by Gasteiger charge is 2.50. The molecule has 0 saturated carbocycles. The summed E-state index contributed by atoms with van der Waals surface area (Å²) in [6.07, 6.45) is 51.5. The van der Waals surface area contributed by atoms with Crippen LogP contribution >= 0.6 is 0 Å². The summed E-state index contributed by atoms with van der Waals surface area (Å²) in [6, 6.07) is 0. The van der Waals surface area contributed by atoms with Crippen LogP contribution in [0.2, 0.25) is 0 Å². The summed E-state index contributed by atoms with van der Waals surface area (Å²) in [4.78, 5) is 51.1. The molecule has 1 heterocycles. The Balaban J connectivity index is 2.70. The van der Waals surface area contributed by atoms with Gasteiger partial charge >= 0.3 is 23.9 Å². The van der Waals surface area contributed by atoms with Gasteiger partial charge in [-0.3, -0.25) is 14.4 Å². The van der Waals surface area contributed by atoms with Crippen LogP contribution in [0.5, 0.6) is 0 Å². The van der Waals surface area contributed by atoms with Crippen molar-refractivity contribution >= 4 is 23.9 Å². The molecule has 0 bridgehead atoms. The summed E-state index contributed by atoms with van der Waals surface area (Å²) in [5.41, 5.74) is 0. The third-order valence-electron chi connectivity index (χ3n) is 13.2. The minimum absolute atomic E-state index is 0.0451. The number of hydrogen-bond acceptors (Lipinski definition) is 11. The predicted octanol–water partition coefficient (Wildman–Crippen LogP) is 15.3. The maximum atomic E-state index is 13.1. The number of aliphatic carboxylic acids is 1. The maximum absolute atomic E-state index is 13.1.